The van der Waals surface area contributed by atoms with E-state index >= 15 is 0 Å². The summed E-state index contributed by atoms with van der Waals surface area (Å²) in [6.07, 6.45) is 11.6. The van der Waals surface area contributed by atoms with Gasteiger partial charge in [-0.25, -0.2) is 4.79 Å². The molecule has 0 radical (unpaired) electrons. The lowest BCUT2D eigenvalue weighted by Gasteiger charge is -2.22. The third-order valence-corrected chi connectivity index (χ3v) is 3.86. The van der Waals surface area contributed by atoms with Crippen molar-refractivity contribution in [2.24, 2.45) is 0 Å². The Balaban J connectivity index is 3.44. The van der Waals surface area contributed by atoms with Crippen molar-refractivity contribution in [1.29, 1.82) is 0 Å². The summed E-state index contributed by atoms with van der Waals surface area (Å²) in [5.74, 6) is -0.635. The first-order valence-corrected chi connectivity index (χ1v) is 8.97. The first-order chi connectivity index (χ1) is 10.4. The minimum atomic E-state index is -1.59. The number of hydrogen-bond donors (Lipinski definition) is 2. The minimum absolute atomic E-state index is 0.00383. The van der Waals surface area contributed by atoms with E-state index in [0.29, 0.717) is 6.61 Å². The quantitative estimate of drug-likeness (QED) is 0.376. The maximum absolute atomic E-state index is 11.7. The molecular formula is C18H36O4. The molecule has 0 rings (SSSR count). The molecule has 0 aromatic carbocycles. The second-order valence-electron chi connectivity index (χ2n) is 6.64. The molecule has 22 heavy (non-hydrogen) atoms. The Bertz CT molecular complexity index is 274. The molecule has 132 valence electrons. The van der Waals surface area contributed by atoms with Gasteiger partial charge in [0.25, 0.3) is 0 Å². The van der Waals surface area contributed by atoms with E-state index < -0.39 is 17.7 Å². The molecule has 4 nitrogen and oxygen atoms in total. The lowest BCUT2D eigenvalue weighted by atomic mass is 9.99. The summed E-state index contributed by atoms with van der Waals surface area (Å²) in [6.45, 7) is 5.52. The highest BCUT2D eigenvalue weighted by atomic mass is 16.5. The Labute approximate surface area is 136 Å². The highest BCUT2D eigenvalue weighted by molar-refractivity contribution is 5.78. The topological polar surface area (TPSA) is 66.8 Å². The van der Waals surface area contributed by atoms with Gasteiger partial charge in [0.15, 0.2) is 5.60 Å². The maximum Gasteiger partial charge on any atom is 0.337 e. The summed E-state index contributed by atoms with van der Waals surface area (Å²) in [5, 5.41) is 19.1. The SMILES string of the molecule is CCCCCCCCCCCCOC(=O)C(C)(O)CC(C)O. The highest BCUT2D eigenvalue weighted by Gasteiger charge is 2.33. The van der Waals surface area contributed by atoms with Gasteiger partial charge in [0.05, 0.1) is 12.7 Å². The van der Waals surface area contributed by atoms with Crippen LogP contribution >= 0.6 is 0 Å². The van der Waals surface area contributed by atoms with Crippen LogP contribution in [0.15, 0.2) is 0 Å². The van der Waals surface area contributed by atoms with Crippen LogP contribution in [0.3, 0.4) is 0 Å². The number of rotatable bonds is 14. The standard InChI is InChI=1S/C18H36O4/c1-4-5-6-7-8-9-10-11-12-13-14-22-17(20)18(3,21)15-16(2)19/h16,19,21H,4-15H2,1-3H3. The van der Waals surface area contributed by atoms with Gasteiger partial charge < -0.3 is 14.9 Å². The lowest BCUT2D eigenvalue weighted by Crippen LogP contribution is -2.39. The molecule has 0 aromatic heterocycles. The molecule has 0 aliphatic carbocycles. The van der Waals surface area contributed by atoms with E-state index in [0.717, 1.165) is 12.8 Å². The molecule has 0 fully saturated rings. The molecule has 0 saturated carbocycles. The van der Waals surface area contributed by atoms with Crippen molar-refractivity contribution in [3.63, 3.8) is 0 Å². The van der Waals surface area contributed by atoms with Gasteiger partial charge in [-0.2, -0.15) is 0 Å². The molecule has 0 saturated heterocycles. The Hall–Kier alpha value is -0.610. The maximum atomic E-state index is 11.7. The van der Waals surface area contributed by atoms with Crippen LogP contribution in [0.2, 0.25) is 0 Å². The molecular weight excluding hydrogens is 280 g/mol. The van der Waals surface area contributed by atoms with E-state index in [9.17, 15) is 15.0 Å². The Morgan fingerprint density at radius 3 is 1.91 bits per heavy atom. The average molecular weight is 316 g/mol. The second kappa shape index (κ2) is 12.9. The molecule has 0 bridgehead atoms. The van der Waals surface area contributed by atoms with Crippen molar-refractivity contribution in [3.8, 4) is 0 Å². The number of ether oxygens (including phenoxy) is 1. The van der Waals surface area contributed by atoms with Gasteiger partial charge in [-0.15, -0.1) is 0 Å². The third-order valence-electron chi connectivity index (χ3n) is 3.86. The summed E-state index contributed by atoms with van der Waals surface area (Å²) >= 11 is 0. The number of unbranched alkanes of at least 4 members (excludes halogenated alkanes) is 9. The van der Waals surface area contributed by atoms with Crippen LogP contribution in [0.5, 0.6) is 0 Å². The van der Waals surface area contributed by atoms with Crippen molar-refractivity contribution >= 4 is 5.97 Å². The van der Waals surface area contributed by atoms with E-state index in [-0.39, 0.29) is 6.42 Å². The molecule has 2 unspecified atom stereocenters. The molecule has 0 aromatic rings. The second-order valence-corrected chi connectivity index (χ2v) is 6.64. The van der Waals surface area contributed by atoms with Crippen LogP contribution in [0.1, 0.15) is 91.4 Å². The molecule has 0 heterocycles. The van der Waals surface area contributed by atoms with E-state index in [4.69, 9.17) is 4.74 Å². The lowest BCUT2D eigenvalue weighted by molar-refractivity contribution is -0.166. The van der Waals surface area contributed by atoms with E-state index in [2.05, 4.69) is 6.92 Å². The van der Waals surface area contributed by atoms with E-state index in [1.165, 1.54) is 58.3 Å². The number of carbonyl (C=O) groups excluding carboxylic acids is 1. The molecule has 0 amide bonds. The zero-order valence-corrected chi connectivity index (χ0v) is 14.8. The van der Waals surface area contributed by atoms with Crippen LogP contribution in [-0.2, 0) is 9.53 Å². The van der Waals surface area contributed by atoms with Crippen LogP contribution in [0, 0.1) is 0 Å². The molecule has 0 aliphatic rings. The largest absolute Gasteiger partial charge is 0.464 e. The first-order valence-electron chi connectivity index (χ1n) is 8.97. The summed E-state index contributed by atoms with van der Waals surface area (Å²) in [7, 11) is 0. The predicted molar refractivity (Wildman–Crippen MR) is 89.7 cm³/mol. The van der Waals surface area contributed by atoms with Gasteiger partial charge in [-0.1, -0.05) is 64.7 Å². The normalized spacial score (nSPS) is 15.3. The fraction of sp³-hybridized carbons (Fsp3) is 0.944. The Kier molecular flexibility index (Phi) is 12.5. The fourth-order valence-corrected chi connectivity index (χ4v) is 2.57. The van der Waals surface area contributed by atoms with Crippen molar-refractivity contribution in [2.75, 3.05) is 6.61 Å². The van der Waals surface area contributed by atoms with Crippen molar-refractivity contribution in [1.82, 2.24) is 0 Å². The number of aliphatic hydroxyl groups is 2. The van der Waals surface area contributed by atoms with Crippen LogP contribution < -0.4 is 0 Å². The molecule has 0 aliphatic heterocycles. The summed E-state index contributed by atoms with van der Waals surface area (Å²) in [6, 6.07) is 0. The Morgan fingerprint density at radius 1 is 1.00 bits per heavy atom. The number of carbonyl (C=O) groups is 1. The van der Waals surface area contributed by atoms with Gasteiger partial charge in [0.1, 0.15) is 0 Å². The zero-order chi connectivity index (χ0) is 16.8. The number of hydrogen-bond acceptors (Lipinski definition) is 4. The predicted octanol–water partition coefficient (Wildman–Crippen LogP) is 3.97. The van der Waals surface area contributed by atoms with Gasteiger partial charge in [0.2, 0.25) is 0 Å². The summed E-state index contributed by atoms with van der Waals surface area (Å²) in [5.41, 5.74) is -1.59. The Morgan fingerprint density at radius 2 is 1.45 bits per heavy atom. The molecule has 4 heteroatoms. The number of esters is 1. The van der Waals surface area contributed by atoms with Gasteiger partial charge in [0, 0.05) is 6.42 Å². The van der Waals surface area contributed by atoms with Crippen LogP contribution in [-0.4, -0.2) is 34.5 Å². The first kappa shape index (κ1) is 21.4. The third kappa shape index (κ3) is 12.0. The monoisotopic (exact) mass is 316 g/mol. The van der Waals surface area contributed by atoms with Crippen molar-refractivity contribution in [2.45, 2.75) is 103 Å². The van der Waals surface area contributed by atoms with Crippen LogP contribution in [0.4, 0.5) is 0 Å². The van der Waals surface area contributed by atoms with Gasteiger partial charge in [-0.05, 0) is 20.3 Å². The van der Waals surface area contributed by atoms with Gasteiger partial charge >= 0.3 is 5.97 Å². The summed E-state index contributed by atoms with van der Waals surface area (Å²) < 4.78 is 5.08. The smallest absolute Gasteiger partial charge is 0.337 e. The molecule has 2 N–H and O–H groups in total. The summed E-state index contributed by atoms with van der Waals surface area (Å²) in [4.78, 5) is 11.7. The van der Waals surface area contributed by atoms with Crippen LogP contribution in [0.25, 0.3) is 0 Å². The number of aliphatic hydroxyl groups excluding tert-OH is 1. The van der Waals surface area contributed by atoms with Crippen molar-refractivity contribution in [3.05, 3.63) is 0 Å². The van der Waals surface area contributed by atoms with E-state index in [1.807, 2.05) is 0 Å². The van der Waals surface area contributed by atoms with Gasteiger partial charge in [-0.3, -0.25) is 0 Å². The average Bonchev–Trinajstić information content (AvgIpc) is 2.43. The molecule has 0 spiro atoms. The molecule has 2 atom stereocenters. The minimum Gasteiger partial charge on any atom is -0.464 e. The zero-order valence-electron chi connectivity index (χ0n) is 14.8. The van der Waals surface area contributed by atoms with Crippen molar-refractivity contribution < 1.29 is 19.7 Å². The van der Waals surface area contributed by atoms with E-state index in [1.54, 1.807) is 6.92 Å². The highest BCUT2D eigenvalue weighted by Crippen LogP contribution is 2.15. The fourth-order valence-electron chi connectivity index (χ4n) is 2.57.